The van der Waals surface area contributed by atoms with Crippen molar-refractivity contribution in [2.24, 2.45) is 13.0 Å². The molecule has 0 spiro atoms. The number of carbonyl (C=O) groups is 2. The van der Waals surface area contributed by atoms with Gasteiger partial charge in [0.1, 0.15) is 12.2 Å². The van der Waals surface area contributed by atoms with E-state index in [-0.39, 0.29) is 18.0 Å². The summed E-state index contributed by atoms with van der Waals surface area (Å²) in [6, 6.07) is -0.147. The van der Waals surface area contributed by atoms with Crippen LogP contribution in [-0.4, -0.2) is 44.5 Å². The zero-order valence-electron chi connectivity index (χ0n) is 12.1. The Morgan fingerprint density at radius 3 is 2.67 bits per heavy atom. The van der Waals surface area contributed by atoms with Crippen LogP contribution in [0.2, 0.25) is 0 Å². The predicted molar refractivity (Wildman–Crippen MR) is 74.6 cm³/mol. The van der Waals surface area contributed by atoms with Gasteiger partial charge in [0, 0.05) is 26.1 Å². The number of hydrogen-bond donors (Lipinski definition) is 3. The fourth-order valence-corrected chi connectivity index (χ4v) is 2.54. The summed E-state index contributed by atoms with van der Waals surface area (Å²) in [6.07, 6.45) is 4.92. The molecule has 0 bridgehead atoms. The molecule has 1 heterocycles. The number of aryl methyl sites for hydroxylation is 1. The van der Waals surface area contributed by atoms with Crippen molar-refractivity contribution in [1.82, 2.24) is 25.4 Å². The van der Waals surface area contributed by atoms with Crippen LogP contribution in [-0.2, 0) is 18.3 Å². The molecule has 2 amide bonds. The maximum absolute atomic E-state index is 11.8. The molecule has 0 atom stereocenters. The lowest BCUT2D eigenvalue weighted by molar-refractivity contribution is -0.142. The summed E-state index contributed by atoms with van der Waals surface area (Å²) in [6.45, 7) is 0.489. The lowest BCUT2D eigenvalue weighted by atomic mass is 9.86. The van der Waals surface area contributed by atoms with Crippen LogP contribution in [0.4, 0.5) is 4.79 Å². The fourth-order valence-electron chi connectivity index (χ4n) is 2.54. The second kappa shape index (κ2) is 7.05. The zero-order chi connectivity index (χ0) is 15.2. The summed E-state index contributed by atoms with van der Waals surface area (Å²) in [5.41, 5.74) is 0. The third-order valence-electron chi connectivity index (χ3n) is 3.85. The van der Waals surface area contributed by atoms with Gasteiger partial charge in [-0.2, -0.15) is 0 Å². The maximum atomic E-state index is 11.8. The molecule has 1 aliphatic carbocycles. The third-order valence-corrected chi connectivity index (χ3v) is 3.85. The molecule has 0 radical (unpaired) electrons. The Balaban J connectivity index is 1.64. The summed E-state index contributed by atoms with van der Waals surface area (Å²) >= 11 is 0. The fraction of sp³-hybridized carbons (Fsp3) is 0.692. The number of hydrogen-bond acceptors (Lipinski definition) is 4. The quantitative estimate of drug-likeness (QED) is 0.724. The van der Waals surface area contributed by atoms with Gasteiger partial charge in [-0.1, -0.05) is 0 Å². The minimum atomic E-state index is -0.735. The first-order valence-electron chi connectivity index (χ1n) is 7.16. The van der Waals surface area contributed by atoms with Crippen molar-refractivity contribution in [3.8, 4) is 0 Å². The van der Waals surface area contributed by atoms with Gasteiger partial charge in [-0.15, -0.1) is 10.2 Å². The van der Waals surface area contributed by atoms with Crippen LogP contribution < -0.4 is 10.6 Å². The molecule has 1 saturated carbocycles. The van der Waals surface area contributed by atoms with Gasteiger partial charge >= 0.3 is 12.0 Å². The van der Waals surface area contributed by atoms with E-state index in [1.165, 1.54) is 0 Å². The second-order valence-electron chi connectivity index (χ2n) is 5.40. The van der Waals surface area contributed by atoms with Crippen LogP contribution >= 0.6 is 0 Å². The highest BCUT2D eigenvalue weighted by atomic mass is 16.4. The van der Waals surface area contributed by atoms with Gasteiger partial charge in [-0.3, -0.25) is 4.79 Å². The van der Waals surface area contributed by atoms with Crippen molar-refractivity contribution in [2.45, 2.75) is 38.1 Å². The minimum Gasteiger partial charge on any atom is -0.481 e. The van der Waals surface area contributed by atoms with Gasteiger partial charge in [-0.05, 0) is 25.7 Å². The van der Waals surface area contributed by atoms with Crippen LogP contribution in [0, 0.1) is 5.92 Å². The second-order valence-corrected chi connectivity index (χ2v) is 5.40. The molecule has 0 saturated heterocycles. The molecule has 3 N–H and O–H groups in total. The number of nitrogens with one attached hydrogen (secondary N) is 2. The molecule has 1 fully saturated rings. The molecule has 8 nitrogen and oxygen atoms in total. The first-order valence-corrected chi connectivity index (χ1v) is 7.16. The third kappa shape index (κ3) is 4.44. The van der Waals surface area contributed by atoms with Crippen LogP contribution in [0.15, 0.2) is 6.33 Å². The van der Waals surface area contributed by atoms with Gasteiger partial charge < -0.3 is 20.3 Å². The Morgan fingerprint density at radius 1 is 1.38 bits per heavy atom. The first kappa shape index (κ1) is 15.3. The minimum absolute atomic E-state index is 0.0652. The Hall–Kier alpha value is -2.12. The Labute approximate surface area is 122 Å². The molecule has 1 aromatic rings. The number of aliphatic carboxylic acids is 1. The van der Waals surface area contributed by atoms with Crippen molar-refractivity contribution >= 4 is 12.0 Å². The number of carboxylic acids is 1. The van der Waals surface area contributed by atoms with Gasteiger partial charge in [-0.25, -0.2) is 4.79 Å². The number of amides is 2. The first-order chi connectivity index (χ1) is 10.1. The van der Waals surface area contributed by atoms with Crippen LogP contribution in [0.5, 0.6) is 0 Å². The number of carboxylic acid groups (broad SMARTS) is 1. The van der Waals surface area contributed by atoms with E-state index in [1.807, 2.05) is 11.6 Å². The average molecular weight is 295 g/mol. The Kier molecular flexibility index (Phi) is 5.13. The van der Waals surface area contributed by atoms with E-state index in [0.29, 0.717) is 38.6 Å². The van der Waals surface area contributed by atoms with Gasteiger partial charge in [0.25, 0.3) is 0 Å². The van der Waals surface area contributed by atoms with E-state index in [2.05, 4.69) is 20.8 Å². The lowest BCUT2D eigenvalue weighted by Crippen LogP contribution is -2.44. The van der Waals surface area contributed by atoms with Crippen molar-refractivity contribution < 1.29 is 14.7 Å². The normalized spacial score (nSPS) is 21.8. The summed E-state index contributed by atoms with van der Waals surface area (Å²) < 4.78 is 1.81. The molecule has 8 heteroatoms. The van der Waals surface area contributed by atoms with Crippen LogP contribution in [0.25, 0.3) is 0 Å². The van der Waals surface area contributed by atoms with E-state index < -0.39 is 5.97 Å². The highest BCUT2D eigenvalue weighted by Gasteiger charge is 2.26. The smallest absolute Gasteiger partial charge is 0.315 e. The standard InChI is InChI=1S/C13H21N5O3/c1-18-8-15-17-11(18)6-7-14-13(21)16-10-4-2-9(3-5-10)12(19)20/h8-10H,2-7H2,1H3,(H,19,20)(H2,14,16,21). The highest BCUT2D eigenvalue weighted by Crippen LogP contribution is 2.24. The molecule has 0 aliphatic heterocycles. The molecular weight excluding hydrogens is 274 g/mol. The molecule has 0 unspecified atom stereocenters. The highest BCUT2D eigenvalue weighted by molar-refractivity contribution is 5.74. The van der Waals surface area contributed by atoms with Crippen LogP contribution in [0.1, 0.15) is 31.5 Å². The summed E-state index contributed by atoms with van der Waals surface area (Å²) in [5, 5.41) is 22.3. The van der Waals surface area contributed by atoms with Crippen molar-refractivity contribution in [3.05, 3.63) is 12.2 Å². The van der Waals surface area contributed by atoms with Gasteiger partial charge in [0.2, 0.25) is 0 Å². The molecule has 0 aromatic carbocycles. The maximum Gasteiger partial charge on any atom is 0.315 e. The average Bonchev–Trinajstić information content (AvgIpc) is 2.85. The molecule has 116 valence electrons. The number of urea groups is 1. The van der Waals surface area contributed by atoms with Crippen molar-refractivity contribution in [3.63, 3.8) is 0 Å². The molecule has 21 heavy (non-hydrogen) atoms. The Morgan fingerprint density at radius 2 is 2.10 bits per heavy atom. The molecule has 2 rings (SSSR count). The van der Waals surface area contributed by atoms with Crippen molar-refractivity contribution in [1.29, 1.82) is 0 Å². The van der Waals surface area contributed by atoms with Gasteiger partial charge in [0.05, 0.1) is 5.92 Å². The molecular formula is C13H21N5O3. The monoisotopic (exact) mass is 295 g/mol. The summed E-state index contributed by atoms with van der Waals surface area (Å²) in [4.78, 5) is 22.6. The topological polar surface area (TPSA) is 109 Å². The van der Waals surface area contributed by atoms with E-state index in [1.54, 1.807) is 6.33 Å². The number of carbonyl (C=O) groups excluding carboxylic acids is 1. The Bertz CT molecular complexity index is 494. The van der Waals surface area contributed by atoms with Gasteiger partial charge in [0.15, 0.2) is 0 Å². The number of rotatable bonds is 5. The predicted octanol–water partition coefficient (Wildman–Crippen LogP) is 0.300. The summed E-state index contributed by atoms with van der Waals surface area (Å²) in [5.74, 6) is -0.180. The van der Waals surface area contributed by atoms with Crippen molar-refractivity contribution in [2.75, 3.05) is 6.54 Å². The number of aromatic nitrogens is 3. The zero-order valence-corrected chi connectivity index (χ0v) is 12.1. The summed E-state index contributed by atoms with van der Waals surface area (Å²) in [7, 11) is 1.86. The SMILES string of the molecule is Cn1cnnc1CCNC(=O)NC1CCC(C(=O)O)CC1. The number of nitrogens with zero attached hydrogens (tertiary/aromatic N) is 3. The molecule has 1 aromatic heterocycles. The van der Waals surface area contributed by atoms with E-state index in [4.69, 9.17) is 5.11 Å². The van der Waals surface area contributed by atoms with E-state index >= 15 is 0 Å². The van der Waals surface area contributed by atoms with Crippen LogP contribution in [0.3, 0.4) is 0 Å². The lowest BCUT2D eigenvalue weighted by Gasteiger charge is -2.26. The van der Waals surface area contributed by atoms with E-state index in [0.717, 1.165) is 5.82 Å². The van der Waals surface area contributed by atoms with E-state index in [9.17, 15) is 9.59 Å². The molecule has 1 aliphatic rings. The largest absolute Gasteiger partial charge is 0.481 e.